The van der Waals surface area contributed by atoms with Gasteiger partial charge in [0.05, 0.1) is 4.90 Å². The average Bonchev–Trinajstić information content (AvgIpc) is 3.13. The van der Waals surface area contributed by atoms with Gasteiger partial charge in [0.15, 0.2) is 9.84 Å². The molecule has 30 heavy (non-hydrogen) atoms. The normalized spacial score (nSPS) is 24.5. The van der Waals surface area contributed by atoms with Crippen molar-refractivity contribution in [3.05, 3.63) is 71.4 Å². The van der Waals surface area contributed by atoms with Crippen molar-refractivity contribution >= 4 is 26.3 Å². The van der Waals surface area contributed by atoms with Crippen molar-refractivity contribution in [1.29, 1.82) is 0 Å². The number of aromatic amines is 1. The Balaban J connectivity index is 1.38. The Kier molecular flexibility index (Phi) is 4.83. The summed E-state index contributed by atoms with van der Waals surface area (Å²) >= 11 is 0. The van der Waals surface area contributed by atoms with Gasteiger partial charge in [-0.2, -0.15) is 0 Å². The van der Waals surface area contributed by atoms with E-state index in [0.29, 0.717) is 22.8 Å². The summed E-state index contributed by atoms with van der Waals surface area (Å²) in [6, 6.07) is 16.4. The lowest BCUT2D eigenvalue weighted by Gasteiger charge is -2.36. The maximum absolute atomic E-state index is 11.8. The summed E-state index contributed by atoms with van der Waals surface area (Å²) in [4.78, 5) is 4.04. The Morgan fingerprint density at radius 2 is 1.77 bits per heavy atom. The number of hydrogen-bond acceptors (Lipinski definition) is 3. The summed E-state index contributed by atoms with van der Waals surface area (Å²) in [5.74, 6) is 1.11. The summed E-state index contributed by atoms with van der Waals surface area (Å²) in [5.41, 5.74) is 6.60. The molecule has 3 unspecified atom stereocenters. The van der Waals surface area contributed by atoms with E-state index in [2.05, 4.69) is 47.6 Å². The van der Waals surface area contributed by atoms with Crippen LogP contribution >= 0.6 is 0 Å². The van der Waals surface area contributed by atoms with Gasteiger partial charge in [-0.3, -0.25) is 0 Å². The number of H-pyrrole nitrogens is 1. The van der Waals surface area contributed by atoms with Gasteiger partial charge in [0.1, 0.15) is 0 Å². The highest BCUT2D eigenvalue weighted by Gasteiger charge is 2.33. The second-order valence-electron chi connectivity index (χ2n) is 8.91. The average molecular weight is 421 g/mol. The smallest absolute Gasteiger partial charge is 0.175 e. The van der Waals surface area contributed by atoms with E-state index in [-0.39, 0.29) is 0 Å². The molecule has 4 nitrogen and oxygen atoms in total. The summed E-state index contributed by atoms with van der Waals surface area (Å²) in [7, 11) is -3.16. The molecule has 2 heterocycles. The molecule has 5 heteroatoms. The SMILES string of the molecule is CC1CC(C2CC(c3ccc(S(C)(=O)=O)cc3)=CCN2)Cc2c1[nH]c1ccccc21. The van der Waals surface area contributed by atoms with Gasteiger partial charge in [0.2, 0.25) is 0 Å². The van der Waals surface area contributed by atoms with Crippen LogP contribution in [0.3, 0.4) is 0 Å². The predicted octanol–water partition coefficient (Wildman–Crippen LogP) is 4.68. The molecular weight excluding hydrogens is 392 g/mol. The molecule has 0 bridgehead atoms. The van der Waals surface area contributed by atoms with Crippen molar-refractivity contribution in [3.8, 4) is 0 Å². The number of nitrogens with one attached hydrogen (secondary N) is 2. The first-order valence-electron chi connectivity index (χ1n) is 10.7. The Labute approximate surface area is 178 Å². The molecule has 2 N–H and O–H groups in total. The zero-order chi connectivity index (χ0) is 20.9. The first-order valence-corrected chi connectivity index (χ1v) is 12.6. The van der Waals surface area contributed by atoms with Crippen molar-refractivity contribution in [1.82, 2.24) is 10.3 Å². The number of rotatable bonds is 3. The van der Waals surface area contributed by atoms with Crippen LogP contribution in [0.2, 0.25) is 0 Å². The minimum Gasteiger partial charge on any atom is -0.358 e. The molecule has 0 saturated carbocycles. The van der Waals surface area contributed by atoms with Crippen molar-refractivity contribution < 1.29 is 8.42 Å². The number of sulfone groups is 1. The quantitative estimate of drug-likeness (QED) is 0.647. The van der Waals surface area contributed by atoms with E-state index >= 15 is 0 Å². The van der Waals surface area contributed by atoms with Crippen molar-refractivity contribution in [3.63, 3.8) is 0 Å². The van der Waals surface area contributed by atoms with Crippen LogP contribution in [0.5, 0.6) is 0 Å². The molecule has 0 saturated heterocycles. The highest BCUT2D eigenvalue weighted by Crippen LogP contribution is 2.41. The van der Waals surface area contributed by atoms with Crippen LogP contribution in [0.4, 0.5) is 0 Å². The van der Waals surface area contributed by atoms with Crippen molar-refractivity contribution in [2.45, 2.75) is 43.0 Å². The van der Waals surface area contributed by atoms with Gasteiger partial charge in [0.25, 0.3) is 0 Å². The van der Waals surface area contributed by atoms with E-state index in [1.165, 1.54) is 40.4 Å². The lowest BCUT2D eigenvalue weighted by atomic mass is 9.74. The third-order valence-corrected chi connectivity index (χ3v) is 7.98. The van der Waals surface area contributed by atoms with Crippen molar-refractivity contribution in [2.75, 3.05) is 12.8 Å². The third-order valence-electron chi connectivity index (χ3n) is 6.85. The molecule has 156 valence electrons. The van der Waals surface area contributed by atoms with Gasteiger partial charge in [0, 0.05) is 35.4 Å². The standard InChI is InChI=1S/C25H28N2O2S/c1-16-13-19(14-22-21-5-3-4-6-23(21)27-25(16)22)24-15-18(11-12-26-24)17-7-9-20(10-8-17)30(2,28)29/h3-11,16,19,24,26-27H,12-15H2,1-2H3. The second-order valence-corrected chi connectivity index (χ2v) is 10.9. The van der Waals surface area contributed by atoms with E-state index < -0.39 is 9.84 Å². The van der Waals surface area contributed by atoms with E-state index in [0.717, 1.165) is 24.9 Å². The van der Waals surface area contributed by atoms with Crippen molar-refractivity contribution in [2.24, 2.45) is 5.92 Å². The molecule has 3 aromatic rings. The molecule has 5 rings (SSSR count). The van der Waals surface area contributed by atoms with Gasteiger partial charge in [-0.1, -0.05) is 43.3 Å². The maximum Gasteiger partial charge on any atom is 0.175 e. The topological polar surface area (TPSA) is 62.0 Å². The first kappa shape index (κ1) is 19.6. The fourth-order valence-electron chi connectivity index (χ4n) is 5.30. The monoisotopic (exact) mass is 420 g/mol. The number of hydrogen-bond donors (Lipinski definition) is 2. The zero-order valence-corrected chi connectivity index (χ0v) is 18.3. The van der Waals surface area contributed by atoms with Gasteiger partial charge >= 0.3 is 0 Å². The van der Waals surface area contributed by atoms with Gasteiger partial charge < -0.3 is 10.3 Å². The fraction of sp³-hybridized carbons (Fsp3) is 0.360. The maximum atomic E-state index is 11.8. The minimum atomic E-state index is -3.16. The summed E-state index contributed by atoms with van der Waals surface area (Å²) in [6.45, 7) is 3.20. The highest BCUT2D eigenvalue weighted by molar-refractivity contribution is 7.90. The molecule has 2 aliphatic rings. The number of aromatic nitrogens is 1. The van der Waals surface area contributed by atoms with Crippen LogP contribution in [0, 0.1) is 5.92 Å². The summed E-state index contributed by atoms with van der Waals surface area (Å²) in [5, 5.41) is 5.10. The first-order chi connectivity index (χ1) is 14.4. The molecule has 0 amide bonds. The second kappa shape index (κ2) is 7.40. The lowest BCUT2D eigenvalue weighted by molar-refractivity contribution is 0.306. The molecule has 2 aromatic carbocycles. The number of benzene rings is 2. The molecule has 0 radical (unpaired) electrons. The Morgan fingerprint density at radius 1 is 1.00 bits per heavy atom. The van der Waals surface area contributed by atoms with Crippen LogP contribution in [0.15, 0.2) is 59.5 Å². The Hall–Kier alpha value is -2.37. The number of para-hydroxylation sites is 1. The predicted molar refractivity (Wildman–Crippen MR) is 122 cm³/mol. The molecule has 3 atom stereocenters. The number of fused-ring (bicyclic) bond motifs is 3. The van der Waals surface area contributed by atoms with Gasteiger partial charge in [-0.05, 0) is 66.0 Å². The third kappa shape index (κ3) is 3.50. The Bertz CT molecular complexity index is 1220. The van der Waals surface area contributed by atoms with E-state index in [1.54, 1.807) is 12.1 Å². The largest absolute Gasteiger partial charge is 0.358 e. The van der Waals surface area contributed by atoms with Gasteiger partial charge in [-0.25, -0.2) is 8.42 Å². The van der Waals surface area contributed by atoms with E-state index in [4.69, 9.17) is 0 Å². The molecule has 1 aliphatic heterocycles. The molecule has 0 spiro atoms. The minimum absolute atomic E-state index is 0.380. The van der Waals surface area contributed by atoms with Crippen LogP contribution in [0.1, 0.15) is 42.5 Å². The van der Waals surface area contributed by atoms with Gasteiger partial charge in [-0.15, -0.1) is 0 Å². The van der Waals surface area contributed by atoms with Crippen LogP contribution in [0.25, 0.3) is 16.5 Å². The molecule has 1 aliphatic carbocycles. The lowest BCUT2D eigenvalue weighted by Crippen LogP contribution is -2.41. The van der Waals surface area contributed by atoms with Crippen LogP contribution in [-0.4, -0.2) is 32.2 Å². The Morgan fingerprint density at radius 3 is 2.53 bits per heavy atom. The van der Waals surface area contributed by atoms with E-state index in [9.17, 15) is 8.42 Å². The van der Waals surface area contributed by atoms with E-state index in [1.807, 2.05) is 12.1 Å². The summed E-state index contributed by atoms with van der Waals surface area (Å²) < 4.78 is 23.5. The molecule has 0 fully saturated rings. The molecule has 1 aromatic heterocycles. The molecular formula is C25H28N2O2S. The zero-order valence-electron chi connectivity index (χ0n) is 17.5. The van der Waals surface area contributed by atoms with Crippen LogP contribution in [-0.2, 0) is 16.3 Å². The highest BCUT2D eigenvalue weighted by atomic mass is 32.2. The summed E-state index contributed by atoms with van der Waals surface area (Å²) in [6.07, 6.45) is 6.76. The van der Waals surface area contributed by atoms with Crippen LogP contribution < -0.4 is 5.32 Å². The fourth-order valence-corrected chi connectivity index (χ4v) is 5.93.